The van der Waals surface area contributed by atoms with Crippen LogP contribution in [0.15, 0.2) is 69.7 Å². The molecule has 4 rings (SSSR count). The molecule has 7 heteroatoms. The number of hydrogen-bond donors (Lipinski definition) is 1. The molecule has 0 aliphatic rings. The summed E-state index contributed by atoms with van der Waals surface area (Å²) in [6, 6.07) is 14.5. The minimum atomic E-state index is -0.462. The lowest BCUT2D eigenvalue weighted by Gasteiger charge is -2.08. The van der Waals surface area contributed by atoms with Gasteiger partial charge in [-0.3, -0.25) is 4.79 Å². The van der Waals surface area contributed by atoms with Crippen LogP contribution in [0.2, 0.25) is 0 Å². The number of carbonyl (C=O) groups is 1. The zero-order valence-electron chi connectivity index (χ0n) is 14.3. The fourth-order valence-corrected chi connectivity index (χ4v) is 2.61. The Morgan fingerprint density at radius 2 is 1.89 bits per heavy atom. The van der Waals surface area contributed by atoms with Gasteiger partial charge in [0.25, 0.3) is 11.8 Å². The second-order valence-corrected chi connectivity index (χ2v) is 5.88. The van der Waals surface area contributed by atoms with E-state index in [0.717, 1.165) is 0 Å². The molecule has 0 saturated carbocycles. The quantitative estimate of drug-likeness (QED) is 0.568. The maximum atomic E-state index is 13.4. The van der Waals surface area contributed by atoms with Crippen molar-refractivity contribution in [3.8, 4) is 23.1 Å². The average molecular weight is 363 g/mol. The molecule has 2 aromatic heterocycles. The molecule has 0 spiro atoms. The second kappa shape index (κ2) is 6.87. The fourth-order valence-electron chi connectivity index (χ4n) is 2.61. The molecule has 2 heterocycles. The van der Waals surface area contributed by atoms with Crippen molar-refractivity contribution in [3.63, 3.8) is 0 Å². The van der Waals surface area contributed by atoms with E-state index >= 15 is 0 Å². The highest BCUT2D eigenvalue weighted by atomic mass is 19.1. The molecule has 6 nitrogen and oxygen atoms in total. The first kappa shape index (κ1) is 16.7. The van der Waals surface area contributed by atoms with E-state index in [1.165, 1.54) is 18.4 Å². The van der Waals surface area contributed by atoms with Crippen LogP contribution in [0.4, 0.5) is 10.1 Å². The van der Waals surface area contributed by atoms with Crippen LogP contribution in [-0.4, -0.2) is 16.1 Å². The lowest BCUT2D eigenvalue weighted by Crippen LogP contribution is -2.13. The summed E-state index contributed by atoms with van der Waals surface area (Å²) in [4.78, 5) is 12.5. The van der Waals surface area contributed by atoms with Gasteiger partial charge in [0.15, 0.2) is 5.76 Å². The molecule has 134 valence electrons. The summed E-state index contributed by atoms with van der Waals surface area (Å²) in [5.41, 5.74) is 2.12. The molecule has 0 aliphatic carbocycles. The number of amides is 1. The highest BCUT2D eigenvalue weighted by molar-refractivity contribution is 6.05. The number of carbonyl (C=O) groups excluding carboxylic acids is 1. The smallest absolute Gasteiger partial charge is 0.283 e. The molecule has 0 aliphatic heterocycles. The van der Waals surface area contributed by atoms with Gasteiger partial charge in [0.2, 0.25) is 5.89 Å². The van der Waals surface area contributed by atoms with Gasteiger partial charge in [-0.05, 0) is 55.0 Å². The van der Waals surface area contributed by atoms with E-state index in [1.807, 2.05) is 0 Å². The fraction of sp³-hybridized carbons (Fsp3) is 0.0500. The van der Waals surface area contributed by atoms with Crippen molar-refractivity contribution in [3.05, 3.63) is 77.8 Å². The number of nitrogens with one attached hydrogen (secondary N) is 1. The predicted molar refractivity (Wildman–Crippen MR) is 96.5 cm³/mol. The first-order chi connectivity index (χ1) is 13.1. The van der Waals surface area contributed by atoms with E-state index in [1.54, 1.807) is 49.4 Å². The Kier molecular flexibility index (Phi) is 4.25. The molecular weight excluding hydrogens is 349 g/mol. The van der Waals surface area contributed by atoms with E-state index in [-0.39, 0.29) is 11.5 Å². The summed E-state index contributed by atoms with van der Waals surface area (Å²) in [6.07, 6.45) is 1.52. The molecule has 1 N–H and O–H groups in total. The maximum absolute atomic E-state index is 13.4. The number of nitrogens with zero attached hydrogens (tertiary/aromatic N) is 2. The van der Waals surface area contributed by atoms with Gasteiger partial charge in [0, 0.05) is 16.8 Å². The topological polar surface area (TPSA) is 81.2 Å². The van der Waals surface area contributed by atoms with Crippen LogP contribution in [-0.2, 0) is 0 Å². The Balaban J connectivity index is 1.58. The second-order valence-electron chi connectivity index (χ2n) is 5.88. The summed E-state index contributed by atoms with van der Waals surface area (Å²) in [5.74, 6) is 0.167. The van der Waals surface area contributed by atoms with Crippen LogP contribution in [0.25, 0.3) is 23.1 Å². The van der Waals surface area contributed by atoms with E-state index in [9.17, 15) is 9.18 Å². The molecule has 27 heavy (non-hydrogen) atoms. The van der Waals surface area contributed by atoms with Gasteiger partial charge in [-0.2, -0.15) is 0 Å². The molecule has 0 unspecified atom stereocenters. The van der Waals surface area contributed by atoms with Gasteiger partial charge in [-0.25, -0.2) is 4.39 Å². The third-order valence-corrected chi connectivity index (χ3v) is 3.97. The number of hydrogen-bond acceptors (Lipinski definition) is 5. The molecule has 4 aromatic rings. The predicted octanol–water partition coefficient (Wildman–Crippen LogP) is 4.70. The van der Waals surface area contributed by atoms with Gasteiger partial charge in [-0.1, -0.05) is 12.1 Å². The lowest BCUT2D eigenvalue weighted by molar-refractivity contribution is 0.102. The Bertz CT molecular complexity index is 1100. The molecular formula is C20H14FN3O3. The maximum Gasteiger partial charge on any atom is 0.283 e. The van der Waals surface area contributed by atoms with Gasteiger partial charge in [0.05, 0.1) is 6.26 Å². The number of anilines is 1. The van der Waals surface area contributed by atoms with Crippen LogP contribution in [0.1, 0.15) is 15.9 Å². The summed E-state index contributed by atoms with van der Waals surface area (Å²) < 4.78 is 24.3. The molecule has 0 saturated heterocycles. The average Bonchev–Trinajstić information content (AvgIpc) is 3.35. The lowest BCUT2D eigenvalue weighted by atomic mass is 10.1. The number of furan rings is 1. The summed E-state index contributed by atoms with van der Waals surface area (Å²) in [6.45, 7) is 1.75. The minimum absolute atomic E-state index is 0.264. The standard InChI is InChI=1S/C20H14FN3O3/c1-12-7-8-14(21)11-16(12)18(25)22-15-5-2-4-13(10-15)19-23-24-20(27-19)17-6-3-9-26-17/h2-11H,1H3,(H,22,25). The first-order valence-corrected chi connectivity index (χ1v) is 8.15. The SMILES string of the molecule is Cc1ccc(F)cc1C(=O)Nc1cccc(-c2nnc(-c3ccco3)o2)c1. The molecule has 2 aromatic carbocycles. The monoisotopic (exact) mass is 363 g/mol. The van der Waals surface area contributed by atoms with Gasteiger partial charge in [0.1, 0.15) is 5.82 Å². The largest absolute Gasteiger partial charge is 0.459 e. The van der Waals surface area contributed by atoms with Gasteiger partial charge >= 0.3 is 0 Å². The van der Waals surface area contributed by atoms with Crippen LogP contribution in [0, 0.1) is 12.7 Å². The Hall–Kier alpha value is -3.74. The zero-order chi connectivity index (χ0) is 18.8. The molecule has 1 amide bonds. The molecule has 0 fully saturated rings. The van der Waals surface area contributed by atoms with E-state index < -0.39 is 11.7 Å². The van der Waals surface area contributed by atoms with E-state index in [2.05, 4.69) is 15.5 Å². The van der Waals surface area contributed by atoms with Crippen molar-refractivity contribution >= 4 is 11.6 Å². The Morgan fingerprint density at radius 3 is 2.70 bits per heavy atom. The van der Waals surface area contributed by atoms with Crippen LogP contribution in [0.5, 0.6) is 0 Å². The highest BCUT2D eigenvalue weighted by Crippen LogP contribution is 2.26. The van der Waals surface area contributed by atoms with Gasteiger partial charge < -0.3 is 14.2 Å². The van der Waals surface area contributed by atoms with Crippen molar-refractivity contribution in [2.75, 3.05) is 5.32 Å². The number of halogens is 1. The van der Waals surface area contributed by atoms with Crippen LogP contribution >= 0.6 is 0 Å². The van der Waals surface area contributed by atoms with Crippen molar-refractivity contribution in [2.45, 2.75) is 6.92 Å². The number of aromatic nitrogens is 2. The number of benzene rings is 2. The third kappa shape index (κ3) is 3.48. The van der Waals surface area contributed by atoms with Crippen molar-refractivity contribution in [1.82, 2.24) is 10.2 Å². The number of rotatable bonds is 4. The summed E-state index contributed by atoms with van der Waals surface area (Å²) in [7, 11) is 0. The molecule has 0 bridgehead atoms. The van der Waals surface area contributed by atoms with E-state index in [4.69, 9.17) is 8.83 Å². The molecule has 0 atom stereocenters. The Labute approximate surface area is 153 Å². The zero-order valence-corrected chi connectivity index (χ0v) is 14.3. The summed E-state index contributed by atoms with van der Waals surface area (Å²) in [5, 5.41) is 10.7. The van der Waals surface area contributed by atoms with Gasteiger partial charge in [-0.15, -0.1) is 10.2 Å². The Morgan fingerprint density at radius 1 is 1.04 bits per heavy atom. The summed E-state index contributed by atoms with van der Waals surface area (Å²) >= 11 is 0. The first-order valence-electron chi connectivity index (χ1n) is 8.15. The normalized spacial score (nSPS) is 10.7. The van der Waals surface area contributed by atoms with Crippen molar-refractivity contribution in [1.29, 1.82) is 0 Å². The molecule has 0 radical (unpaired) electrons. The van der Waals surface area contributed by atoms with Crippen molar-refractivity contribution < 1.29 is 18.0 Å². The highest BCUT2D eigenvalue weighted by Gasteiger charge is 2.14. The third-order valence-electron chi connectivity index (χ3n) is 3.97. The minimum Gasteiger partial charge on any atom is -0.459 e. The van der Waals surface area contributed by atoms with Crippen LogP contribution in [0.3, 0.4) is 0 Å². The van der Waals surface area contributed by atoms with Crippen molar-refractivity contribution in [2.24, 2.45) is 0 Å². The van der Waals surface area contributed by atoms with E-state index in [0.29, 0.717) is 28.5 Å². The van der Waals surface area contributed by atoms with Crippen LogP contribution < -0.4 is 5.32 Å². The number of aryl methyl sites for hydroxylation is 1.